The van der Waals surface area contributed by atoms with Gasteiger partial charge < -0.3 is 5.73 Å². The van der Waals surface area contributed by atoms with Crippen LogP contribution < -0.4 is 5.73 Å². The van der Waals surface area contributed by atoms with Crippen molar-refractivity contribution in [2.75, 3.05) is 0 Å². The molecule has 0 radical (unpaired) electrons. The summed E-state index contributed by atoms with van der Waals surface area (Å²) in [6.45, 7) is 0.394. The van der Waals surface area contributed by atoms with Crippen molar-refractivity contribution in [2.45, 2.75) is 6.54 Å². The maximum Gasteiger partial charge on any atom is 0.141 e. The largest absolute Gasteiger partial charge is 0.324 e. The van der Waals surface area contributed by atoms with Gasteiger partial charge in [-0.1, -0.05) is 6.07 Å². The molecule has 13 heavy (non-hydrogen) atoms. The molecule has 0 saturated carbocycles. The molecular formula is C9H9N3S. The molecule has 0 amide bonds. The third-order valence-electron chi connectivity index (χ3n) is 1.69. The second-order valence-electron chi connectivity index (χ2n) is 2.57. The minimum absolute atomic E-state index is 0.394. The normalized spacial score (nSPS) is 10.2. The molecule has 0 bridgehead atoms. The fourth-order valence-corrected chi connectivity index (χ4v) is 1.73. The van der Waals surface area contributed by atoms with E-state index < -0.39 is 0 Å². The Labute approximate surface area is 80.3 Å². The highest BCUT2D eigenvalue weighted by atomic mass is 32.1. The lowest BCUT2D eigenvalue weighted by atomic mass is 10.3. The van der Waals surface area contributed by atoms with Gasteiger partial charge in [0.2, 0.25) is 0 Å². The monoisotopic (exact) mass is 191 g/mol. The molecule has 4 heteroatoms. The molecule has 2 aromatic heterocycles. The fourth-order valence-electron chi connectivity index (χ4n) is 1.03. The summed E-state index contributed by atoms with van der Waals surface area (Å²) in [5.74, 6) is 0.681. The molecule has 0 aliphatic carbocycles. The molecule has 2 heterocycles. The van der Waals surface area contributed by atoms with Gasteiger partial charge in [0.15, 0.2) is 0 Å². The van der Waals surface area contributed by atoms with Crippen LogP contribution in [0.5, 0.6) is 0 Å². The Morgan fingerprint density at radius 3 is 2.62 bits per heavy atom. The van der Waals surface area contributed by atoms with Crippen LogP contribution in [0.3, 0.4) is 0 Å². The lowest BCUT2D eigenvalue weighted by Gasteiger charge is -1.97. The van der Waals surface area contributed by atoms with E-state index in [9.17, 15) is 0 Å². The van der Waals surface area contributed by atoms with Gasteiger partial charge in [0.05, 0.1) is 6.54 Å². The molecule has 0 aromatic carbocycles. The quantitative estimate of drug-likeness (QED) is 0.785. The molecular weight excluding hydrogens is 182 g/mol. The van der Waals surface area contributed by atoms with Crippen LogP contribution in [0, 0.1) is 0 Å². The highest BCUT2D eigenvalue weighted by Crippen LogP contribution is 2.22. The molecule has 0 fully saturated rings. The average molecular weight is 191 g/mol. The Kier molecular flexibility index (Phi) is 2.33. The first kappa shape index (κ1) is 8.34. The van der Waals surface area contributed by atoms with Gasteiger partial charge in [-0.15, -0.1) is 11.3 Å². The Morgan fingerprint density at radius 2 is 2.08 bits per heavy atom. The van der Waals surface area contributed by atoms with E-state index in [1.54, 1.807) is 23.7 Å². The van der Waals surface area contributed by atoms with E-state index in [0.717, 1.165) is 5.56 Å². The fraction of sp³-hybridized carbons (Fsp3) is 0.111. The first-order valence-electron chi connectivity index (χ1n) is 3.95. The number of nitrogens with zero attached hydrogens (tertiary/aromatic N) is 2. The van der Waals surface area contributed by atoms with Gasteiger partial charge >= 0.3 is 0 Å². The Balaban J connectivity index is 2.33. The number of aromatic nitrogens is 2. The standard InChI is InChI=1S/C9H9N3S/c10-4-9-11-5-7(6-12-9)8-2-1-3-13-8/h1-3,5-6H,4,10H2. The summed E-state index contributed by atoms with van der Waals surface area (Å²) >= 11 is 1.68. The van der Waals surface area contributed by atoms with E-state index >= 15 is 0 Å². The van der Waals surface area contributed by atoms with E-state index in [4.69, 9.17) is 5.73 Å². The Bertz CT molecular complexity index is 366. The van der Waals surface area contributed by atoms with Gasteiger partial charge in [-0.3, -0.25) is 0 Å². The first-order valence-corrected chi connectivity index (χ1v) is 4.83. The van der Waals surface area contributed by atoms with Crippen LogP contribution in [0.2, 0.25) is 0 Å². The van der Waals surface area contributed by atoms with E-state index in [2.05, 4.69) is 9.97 Å². The van der Waals surface area contributed by atoms with Crippen LogP contribution in [0.15, 0.2) is 29.9 Å². The second kappa shape index (κ2) is 3.64. The maximum absolute atomic E-state index is 5.40. The molecule has 0 spiro atoms. The van der Waals surface area contributed by atoms with Crippen molar-refractivity contribution in [1.82, 2.24) is 9.97 Å². The van der Waals surface area contributed by atoms with Crippen molar-refractivity contribution < 1.29 is 0 Å². The highest BCUT2D eigenvalue weighted by molar-refractivity contribution is 7.13. The van der Waals surface area contributed by atoms with Crippen LogP contribution in [0.25, 0.3) is 10.4 Å². The van der Waals surface area contributed by atoms with Crippen LogP contribution in [-0.4, -0.2) is 9.97 Å². The van der Waals surface area contributed by atoms with Crippen molar-refractivity contribution in [1.29, 1.82) is 0 Å². The lowest BCUT2D eigenvalue weighted by molar-refractivity contribution is 0.910. The third-order valence-corrected chi connectivity index (χ3v) is 2.61. The number of hydrogen-bond acceptors (Lipinski definition) is 4. The van der Waals surface area contributed by atoms with Gasteiger partial charge in [-0.2, -0.15) is 0 Å². The van der Waals surface area contributed by atoms with Gasteiger partial charge in [0.1, 0.15) is 5.82 Å². The van der Waals surface area contributed by atoms with Gasteiger partial charge in [0, 0.05) is 22.8 Å². The predicted molar refractivity (Wildman–Crippen MR) is 53.2 cm³/mol. The van der Waals surface area contributed by atoms with Gasteiger partial charge in [-0.25, -0.2) is 9.97 Å². The molecule has 3 nitrogen and oxygen atoms in total. The molecule has 66 valence electrons. The van der Waals surface area contributed by atoms with Crippen LogP contribution in [0.4, 0.5) is 0 Å². The van der Waals surface area contributed by atoms with E-state index in [1.165, 1.54) is 4.88 Å². The summed E-state index contributed by atoms with van der Waals surface area (Å²) in [6.07, 6.45) is 3.61. The SMILES string of the molecule is NCc1ncc(-c2cccs2)cn1. The van der Waals surface area contributed by atoms with E-state index in [-0.39, 0.29) is 0 Å². The van der Waals surface area contributed by atoms with Crippen LogP contribution in [-0.2, 0) is 6.54 Å². The van der Waals surface area contributed by atoms with Crippen LogP contribution >= 0.6 is 11.3 Å². The first-order chi connectivity index (χ1) is 6.40. The summed E-state index contributed by atoms with van der Waals surface area (Å²) in [4.78, 5) is 9.43. The summed E-state index contributed by atoms with van der Waals surface area (Å²) in [5, 5.41) is 2.03. The van der Waals surface area contributed by atoms with Gasteiger partial charge in [-0.05, 0) is 11.4 Å². The average Bonchev–Trinajstić information content (AvgIpc) is 2.71. The summed E-state index contributed by atoms with van der Waals surface area (Å²) in [7, 11) is 0. The zero-order valence-corrected chi connectivity index (χ0v) is 7.79. The molecule has 0 unspecified atom stereocenters. The lowest BCUT2D eigenvalue weighted by Crippen LogP contribution is -2.01. The summed E-state index contributed by atoms with van der Waals surface area (Å²) in [5.41, 5.74) is 6.44. The highest BCUT2D eigenvalue weighted by Gasteiger charge is 1.99. The Morgan fingerprint density at radius 1 is 1.31 bits per heavy atom. The zero-order chi connectivity index (χ0) is 9.10. The number of thiophene rings is 1. The molecule has 0 atom stereocenters. The maximum atomic E-state index is 5.40. The molecule has 2 N–H and O–H groups in total. The second-order valence-corrected chi connectivity index (χ2v) is 3.52. The molecule has 0 saturated heterocycles. The van der Waals surface area contributed by atoms with Crippen LogP contribution in [0.1, 0.15) is 5.82 Å². The molecule has 0 aliphatic heterocycles. The van der Waals surface area contributed by atoms with Crippen molar-refractivity contribution in [2.24, 2.45) is 5.73 Å². The minimum atomic E-state index is 0.394. The van der Waals surface area contributed by atoms with Crippen molar-refractivity contribution in [3.63, 3.8) is 0 Å². The van der Waals surface area contributed by atoms with Crippen molar-refractivity contribution in [3.8, 4) is 10.4 Å². The smallest absolute Gasteiger partial charge is 0.141 e. The van der Waals surface area contributed by atoms with Crippen molar-refractivity contribution >= 4 is 11.3 Å². The number of nitrogens with two attached hydrogens (primary N) is 1. The Hall–Kier alpha value is -1.26. The summed E-state index contributed by atoms with van der Waals surface area (Å²) in [6, 6.07) is 4.06. The van der Waals surface area contributed by atoms with E-state index in [1.807, 2.05) is 17.5 Å². The summed E-state index contributed by atoms with van der Waals surface area (Å²) < 4.78 is 0. The van der Waals surface area contributed by atoms with Gasteiger partial charge in [0.25, 0.3) is 0 Å². The predicted octanol–water partition coefficient (Wildman–Crippen LogP) is 1.66. The van der Waals surface area contributed by atoms with E-state index in [0.29, 0.717) is 12.4 Å². The third kappa shape index (κ3) is 1.74. The molecule has 2 rings (SSSR count). The minimum Gasteiger partial charge on any atom is -0.324 e. The number of rotatable bonds is 2. The van der Waals surface area contributed by atoms with Crippen molar-refractivity contribution in [3.05, 3.63) is 35.7 Å². The number of hydrogen-bond donors (Lipinski definition) is 1. The molecule has 0 aliphatic rings. The molecule has 2 aromatic rings. The zero-order valence-electron chi connectivity index (χ0n) is 6.97. The topological polar surface area (TPSA) is 51.8 Å².